The van der Waals surface area contributed by atoms with Crippen molar-refractivity contribution < 1.29 is 22.7 Å². The number of nitrogens with one attached hydrogen (secondary N) is 1. The van der Waals surface area contributed by atoms with E-state index in [0.717, 1.165) is 35.6 Å². The number of benzene rings is 4. The fourth-order valence-electron chi connectivity index (χ4n) is 5.50. The van der Waals surface area contributed by atoms with Gasteiger partial charge in [-0.1, -0.05) is 78.0 Å². The van der Waals surface area contributed by atoms with Gasteiger partial charge in [-0.15, -0.1) is 0 Å². The molecule has 1 N–H and O–H groups in total. The molecule has 0 aliphatic heterocycles. The first kappa shape index (κ1) is 34.3. The number of halogens is 2. The van der Waals surface area contributed by atoms with Gasteiger partial charge >= 0.3 is 0 Å². The van der Waals surface area contributed by atoms with Crippen molar-refractivity contribution in [3.05, 3.63) is 118 Å². The summed E-state index contributed by atoms with van der Waals surface area (Å²) in [4.78, 5) is 29.1. The Balaban J connectivity index is 1.49. The van der Waals surface area contributed by atoms with E-state index in [1.807, 2.05) is 37.3 Å². The predicted octanol–water partition coefficient (Wildman–Crippen LogP) is 7.77. The summed E-state index contributed by atoms with van der Waals surface area (Å²) in [5, 5.41) is 3.72. The van der Waals surface area contributed by atoms with Gasteiger partial charge in [-0.05, 0) is 87.4 Å². The number of anilines is 1. The average molecular weight is 695 g/mol. The fourth-order valence-corrected chi connectivity index (χ4v) is 7.43. The largest absolute Gasteiger partial charge is 0.457 e. The molecule has 1 aliphatic rings. The summed E-state index contributed by atoms with van der Waals surface area (Å²) in [6.07, 6.45) is 3.79. The van der Waals surface area contributed by atoms with Crippen molar-refractivity contribution in [1.29, 1.82) is 0 Å². The van der Waals surface area contributed by atoms with E-state index in [1.54, 1.807) is 61.5 Å². The first-order valence-electron chi connectivity index (χ1n) is 15.5. The average Bonchev–Trinajstić information content (AvgIpc) is 3.57. The second-order valence-electron chi connectivity index (χ2n) is 11.6. The highest BCUT2D eigenvalue weighted by molar-refractivity contribution is 7.92. The Labute approximate surface area is 286 Å². The summed E-state index contributed by atoms with van der Waals surface area (Å²) < 4.78 is 35.3. The molecule has 1 saturated carbocycles. The molecule has 0 saturated heterocycles. The normalized spacial score (nSPS) is 14.0. The minimum Gasteiger partial charge on any atom is -0.457 e. The number of hydrogen-bond acceptors (Lipinski definition) is 5. The van der Waals surface area contributed by atoms with E-state index in [0.29, 0.717) is 27.1 Å². The summed E-state index contributed by atoms with van der Waals surface area (Å²) in [6, 6.07) is 26.2. The molecule has 246 valence electrons. The molecule has 0 aromatic heterocycles. The molecule has 1 fully saturated rings. The number of nitrogens with zero attached hydrogens (tertiary/aromatic N) is 2. The van der Waals surface area contributed by atoms with Crippen LogP contribution >= 0.6 is 23.2 Å². The van der Waals surface area contributed by atoms with Gasteiger partial charge in [0, 0.05) is 28.2 Å². The Hall–Kier alpha value is -4.05. The van der Waals surface area contributed by atoms with Crippen LogP contribution in [0, 0.1) is 6.92 Å². The van der Waals surface area contributed by atoms with Crippen molar-refractivity contribution in [2.75, 3.05) is 10.8 Å². The second kappa shape index (κ2) is 15.2. The molecule has 1 unspecified atom stereocenters. The Bertz CT molecular complexity index is 1780. The third-order valence-electron chi connectivity index (χ3n) is 8.25. The van der Waals surface area contributed by atoms with Crippen LogP contribution < -0.4 is 14.4 Å². The van der Waals surface area contributed by atoms with Gasteiger partial charge in [-0.2, -0.15) is 0 Å². The van der Waals surface area contributed by atoms with Crippen LogP contribution in [0.1, 0.15) is 43.7 Å². The number of carbonyl (C=O) groups is 2. The quantitative estimate of drug-likeness (QED) is 0.164. The van der Waals surface area contributed by atoms with Gasteiger partial charge in [-0.3, -0.25) is 13.9 Å². The lowest BCUT2D eigenvalue weighted by Gasteiger charge is -2.33. The molecule has 11 heteroatoms. The van der Waals surface area contributed by atoms with Crippen LogP contribution in [0.25, 0.3) is 0 Å². The van der Waals surface area contributed by atoms with E-state index >= 15 is 0 Å². The van der Waals surface area contributed by atoms with Gasteiger partial charge in [0.1, 0.15) is 24.1 Å². The van der Waals surface area contributed by atoms with Crippen molar-refractivity contribution in [2.45, 2.75) is 63.1 Å². The minimum absolute atomic E-state index is 0.0215. The molecule has 8 nitrogen and oxygen atoms in total. The summed E-state index contributed by atoms with van der Waals surface area (Å²) in [6.45, 7) is 2.80. The predicted molar refractivity (Wildman–Crippen MR) is 186 cm³/mol. The van der Waals surface area contributed by atoms with E-state index in [2.05, 4.69) is 5.32 Å². The van der Waals surface area contributed by atoms with Gasteiger partial charge in [0.25, 0.3) is 10.0 Å². The van der Waals surface area contributed by atoms with Gasteiger partial charge in [0.05, 0.1) is 10.6 Å². The fraction of sp³-hybridized carbons (Fsp3) is 0.278. The maximum atomic E-state index is 14.3. The number of carbonyl (C=O) groups excluding carboxylic acids is 2. The minimum atomic E-state index is -4.23. The highest BCUT2D eigenvalue weighted by atomic mass is 35.5. The van der Waals surface area contributed by atoms with Crippen molar-refractivity contribution in [1.82, 2.24) is 10.2 Å². The third kappa shape index (κ3) is 8.46. The smallest absolute Gasteiger partial charge is 0.264 e. The molecular formula is C36H37Cl2N3O5S. The standard InChI is InChI=1S/C36H37Cl2N3O5S/c1-25-15-21-31(22-16-25)47(44,45)41(28-17-19-30(20-18-28)46-29-11-4-3-5-12-29)24-35(42)40(23-32-33(37)13-8-14-34(32)38)26(2)36(43)39-27-9-6-7-10-27/h3-5,8,11-22,26-27H,6-7,9-10,23-24H2,1-2H3,(H,39,43). The zero-order valence-electron chi connectivity index (χ0n) is 26.2. The summed E-state index contributed by atoms with van der Waals surface area (Å²) in [5.74, 6) is 0.184. The van der Waals surface area contributed by atoms with Crippen LogP contribution in [0.2, 0.25) is 10.0 Å². The van der Waals surface area contributed by atoms with E-state index in [-0.39, 0.29) is 29.1 Å². The Kier molecular flexibility index (Phi) is 11.1. The number of sulfonamides is 1. The summed E-state index contributed by atoms with van der Waals surface area (Å²) in [7, 11) is -4.23. The number of rotatable bonds is 12. The lowest BCUT2D eigenvalue weighted by Crippen LogP contribution is -2.52. The van der Waals surface area contributed by atoms with Crippen LogP contribution in [0.15, 0.2) is 102 Å². The molecule has 47 heavy (non-hydrogen) atoms. The SMILES string of the molecule is Cc1ccc(S(=O)(=O)N(CC(=O)N(Cc2c(Cl)cccc2Cl)C(C)C(=O)NC2CCCC2)c2ccc(Oc3ccccc3)cc2)cc1. The first-order chi connectivity index (χ1) is 22.5. The van der Waals surface area contributed by atoms with E-state index in [9.17, 15) is 18.0 Å². The Morgan fingerprint density at radius 3 is 2.06 bits per heavy atom. The molecule has 2 amide bonds. The summed E-state index contributed by atoms with van der Waals surface area (Å²) in [5.41, 5.74) is 1.59. The monoisotopic (exact) mass is 693 g/mol. The number of hydrogen-bond donors (Lipinski definition) is 1. The van der Waals surface area contributed by atoms with Gasteiger partial charge < -0.3 is 15.0 Å². The van der Waals surface area contributed by atoms with Crippen molar-refractivity contribution in [3.8, 4) is 11.5 Å². The highest BCUT2D eigenvalue weighted by Crippen LogP contribution is 2.30. The number of ether oxygens (including phenoxy) is 1. The van der Waals surface area contributed by atoms with Crippen LogP contribution in [-0.4, -0.2) is 43.8 Å². The van der Waals surface area contributed by atoms with E-state index in [4.69, 9.17) is 27.9 Å². The van der Waals surface area contributed by atoms with Crippen LogP contribution in [-0.2, 0) is 26.2 Å². The van der Waals surface area contributed by atoms with Gasteiger partial charge in [0.2, 0.25) is 11.8 Å². The van der Waals surface area contributed by atoms with Crippen LogP contribution in [0.3, 0.4) is 0 Å². The lowest BCUT2D eigenvalue weighted by molar-refractivity contribution is -0.139. The number of para-hydroxylation sites is 1. The lowest BCUT2D eigenvalue weighted by atomic mass is 10.1. The number of amides is 2. The van der Waals surface area contributed by atoms with E-state index < -0.39 is 28.5 Å². The third-order valence-corrected chi connectivity index (χ3v) is 10.7. The Morgan fingerprint density at radius 2 is 1.45 bits per heavy atom. The van der Waals surface area contributed by atoms with Gasteiger partial charge in [-0.25, -0.2) is 8.42 Å². The van der Waals surface area contributed by atoms with Crippen molar-refractivity contribution in [3.63, 3.8) is 0 Å². The second-order valence-corrected chi connectivity index (χ2v) is 14.3. The molecule has 0 bridgehead atoms. The maximum Gasteiger partial charge on any atom is 0.264 e. The Morgan fingerprint density at radius 1 is 0.851 bits per heavy atom. The van der Waals surface area contributed by atoms with Crippen molar-refractivity contribution in [2.24, 2.45) is 0 Å². The highest BCUT2D eigenvalue weighted by Gasteiger charge is 2.34. The molecule has 0 radical (unpaired) electrons. The molecule has 0 heterocycles. The maximum absolute atomic E-state index is 14.3. The zero-order valence-corrected chi connectivity index (χ0v) is 28.6. The van der Waals surface area contributed by atoms with Crippen molar-refractivity contribution >= 4 is 50.7 Å². The molecular weight excluding hydrogens is 657 g/mol. The number of aryl methyl sites for hydroxylation is 1. The summed E-state index contributed by atoms with van der Waals surface area (Å²) >= 11 is 13.0. The molecule has 1 atom stereocenters. The first-order valence-corrected chi connectivity index (χ1v) is 17.7. The van der Waals surface area contributed by atoms with E-state index in [1.165, 1.54) is 17.0 Å². The molecule has 1 aliphatic carbocycles. The molecule has 0 spiro atoms. The van der Waals surface area contributed by atoms with Crippen LogP contribution in [0.4, 0.5) is 5.69 Å². The zero-order chi connectivity index (χ0) is 33.6. The topological polar surface area (TPSA) is 96.0 Å². The van der Waals surface area contributed by atoms with Gasteiger partial charge in [0.15, 0.2) is 0 Å². The molecule has 5 rings (SSSR count). The molecule has 4 aromatic carbocycles. The molecule has 4 aromatic rings. The van der Waals surface area contributed by atoms with Crippen LogP contribution in [0.5, 0.6) is 11.5 Å².